The first-order chi connectivity index (χ1) is 14.4. The van der Waals surface area contributed by atoms with Gasteiger partial charge in [0.2, 0.25) is 5.91 Å². The number of amides is 1. The fourth-order valence-corrected chi connectivity index (χ4v) is 4.46. The molecule has 2 unspecified atom stereocenters. The molecule has 174 valence electrons. The van der Waals surface area contributed by atoms with Crippen LogP contribution in [0.1, 0.15) is 43.7 Å². The van der Waals surface area contributed by atoms with E-state index in [1.807, 2.05) is 4.90 Å². The van der Waals surface area contributed by atoms with E-state index in [0.717, 1.165) is 38.6 Å². The zero-order valence-corrected chi connectivity index (χ0v) is 20.9. The third-order valence-electron chi connectivity index (χ3n) is 6.19. The van der Waals surface area contributed by atoms with Crippen molar-refractivity contribution in [3.8, 4) is 0 Å². The summed E-state index contributed by atoms with van der Waals surface area (Å²) >= 11 is 0. The Morgan fingerprint density at radius 2 is 1.87 bits per heavy atom. The molecule has 31 heavy (non-hydrogen) atoms. The van der Waals surface area contributed by atoms with Crippen LogP contribution >= 0.6 is 24.0 Å². The Labute approximate surface area is 200 Å². The van der Waals surface area contributed by atoms with Gasteiger partial charge in [0.15, 0.2) is 5.96 Å². The van der Waals surface area contributed by atoms with Gasteiger partial charge in [0.25, 0.3) is 0 Å². The van der Waals surface area contributed by atoms with Gasteiger partial charge in [-0.2, -0.15) is 0 Å². The molecule has 1 heterocycles. The molecule has 2 aliphatic rings. The lowest BCUT2D eigenvalue weighted by Crippen LogP contribution is -2.47. The van der Waals surface area contributed by atoms with Gasteiger partial charge in [-0.3, -0.25) is 9.79 Å². The number of carbonyl (C=O) groups is 1. The second-order valence-electron chi connectivity index (χ2n) is 8.46. The summed E-state index contributed by atoms with van der Waals surface area (Å²) in [5, 5.41) is 6.55. The van der Waals surface area contributed by atoms with E-state index in [0.29, 0.717) is 19.0 Å². The van der Waals surface area contributed by atoms with E-state index in [2.05, 4.69) is 15.6 Å². The van der Waals surface area contributed by atoms with E-state index in [1.54, 1.807) is 26.0 Å². The molecule has 1 amide bonds. The van der Waals surface area contributed by atoms with E-state index in [-0.39, 0.29) is 47.4 Å². The average Bonchev–Trinajstić information content (AvgIpc) is 3.40. The number of benzene rings is 1. The Bertz CT molecular complexity index is 750. The zero-order chi connectivity index (χ0) is 21.7. The molecule has 1 aromatic rings. The molecule has 2 N–H and O–H groups in total. The average molecular weight is 549 g/mol. The highest BCUT2D eigenvalue weighted by Crippen LogP contribution is 2.28. The first-order valence-electron chi connectivity index (χ1n) is 10.8. The molecular formula is C22H34F2IN5O. The third-order valence-corrected chi connectivity index (χ3v) is 6.19. The smallest absolute Gasteiger partial charge is 0.225 e. The van der Waals surface area contributed by atoms with Gasteiger partial charge in [0.1, 0.15) is 11.6 Å². The lowest BCUT2D eigenvalue weighted by Gasteiger charge is -2.27. The highest BCUT2D eigenvalue weighted by Gasteiger charge is 2.32. The Kier molecular flexibility index (Phi) is 9.92. The lowest BCUT2D eigenvalue weighted by atomic mass is 10.0. The minimum atomic E-state index is -0.560. The molecule has 1 aliphatic carbocycles. The predicted molar refractivity (Wildman–Crippen MR) is 130 cm³/mol. The summed E-state index contributed by atoms with van der Waals surface area (Å²) in [7, 11) is 5.25. The van der Waals surface area contributed by atoms with Gasteiger partial charge in [-0.05, 0) is 45.5 Å². The zero-order valence-electron chi connectivity index (χ0n) is 18.5. The number of carbonyl (C=O) groups excluding carboxylic acids is 1. The molecule has 1 aromatic carbocycles. The van der Waals surface area contributed by atoms with Crippen LogP contribution < -0.4 is 10.6 Å². The summed E-state index contributed by atoms with van der Waals surface area (Å²) in [6, 6.07) is 3.54. The summed E-state index contributed by atoms with van der Waals surface area (Å²) in [5.41, 5.74) is 0.0413. The maximum Gasteiger partial charge on any atom is 0.225 e. The normalized spacial score (nSPS) is 20.6. The number of guanidine groups is 1. The molecule has 1 saturated carbocycles. The van der Waals surface area contributed by atoms with Gasteiger partial charge in [-0.15, -0.1) is 24.0 Å². The number of hydrogen-bond acceptors (Lipinski definition) is 3. The van der Waals surface area contributed by atoms with Crippen LogP contribution in [0, 0.1) is 17.6 Å². The van der Waals surface area contributed by atoms with Crippen LogP contribution in [-0.2, 0) is 4.79 Å². The van der Waals surface area contributed by atoms with Crippen molar-refractivity contribution in [2.24, 2.45) is 10.9 Å². The van der Waals surface area contributed by atoms with Crippen molar-refractivity contribution in [2.75, 3.05) is 40.8 Å². The standard InChI is InChI=1S/C22H33F2N5O.HI/c1-25-22(26-13-19(28(2)3)20-17(23)9-6-10-18(20)24)27-16-11-12-29(14-16)21(30)15-7-4-5-8-15;/h6,9-10,15-16,19H,4-5,7-8,11-14H2,1-3H3,(H2,25,26,27);1H. The fourth-order valence-electron chi connectivity index (χ4n) is 4.46. The van der Waals surface area contributed by atoms with Gasteiger partial charge in [-0.25, -0.2) is 8.78 Å². The summed E-state index contributed by atoms with van der Waals surface area (Å²) in [6.07, 6.45) is 5.18. The van der Waals surface area contributed by atoms with E-state index < -0.39 is 17.7 Å². The number of likely N-dealkylation sites (N-methyl/N-ethyl adjacent to an activating group) is 1. The molecule has 2 atom stereocenters. The number of rotatable bonds is 6. The van der Waals surface area contributed by atoms with Crippen molar-refractivity contribution in [1.29, 1.82) is 0 Å². The maximum absolute atomic E-state index is 14.3. The third kappa shape index (κ3) is 6.50. The Morgan fingerprint density at radius 3 is 2.45 bits per heavy atom. The molecule has 6 nitrogen and oxygen atoms in total. The monoisotopic (exact) mass is 549 g/mol. The van der Waals surface area contributed by atoms with Gasteiger partial charge >= 0.3 is 0 Å². The molecule has 0 bridgehead atoms. The van der Waals surface area contributed by atoms with Crippen LogP contribution in [0.2, 0.25) is 0 Å². The van der Waals surface area contributed by atoms with Crippen molar-refractivity contribution in [2.45, 2.75) is 44.2 Å². The van der Waals surface area contributed by atoms with Gasteiger partial charge in [0, 0.05) is 44.2 Å². The van der Waals surface area contributed by atoms with Gasteiger partial charge < -0.3 is 20.4 Å². The number of hydrogen-bond donors (Lipinski definition) is 2. The van der Waals surface area contributed by atoms with Crippen LogP contribution in [0.15, 0.2) is 23.2 Å². The Balaban J connectivity index is 0.00000341. The first-order valence-corrected chi connectivity index (χ1v) is 10.8. The van der Waals surface area contributed by atoms with Crippen molar-refractivity contribution in [3.63, 3.8) is 0 Å². The Morgan fingerprint density at radius 1 is 1.23 bits per heavy atom. The van der Waals surface area contributed by atoms with Gasteiger partial charge in [-0.1, -0.05) is 18.9 Å². The minimum absolute atomic E-state index is 0. The summed E-state index contributed by atoms with van der Waals surface area (Å²) in [6.45, 7) is 1.71. The van der Waals surface area contributed by atoms with Gasteiger partial charge in [0.05, 0.1) is 6.04 Å². The van der Waals surface area contributed by atoms with Crippen LogP contribution in [0.4, 0.5) is 8.78 Å². The van der Waals surface area contributed by atoms with Crippen LogP contribution in [0.25, 0.3) is 0 Å². The Hall–Kier alpha value is -1.49. The first kappa shape index (κ1) is 25.8. The van der Waals surface area contributed by atoms with E-state index in [4.69, 9.17) is 0 Å². The van der Waals surface area contributed by atoms with Crippen molar-refractivity contribution >= 4 is 35.8 Å². The molecule has 0 radical (unpaired) electrons. The second kappa shape index (κ2) is 11.9. The number of aliphatic imine (C=N–C) groups is 1. The van der Waals surface area contributed by atoms with E-state index in [9.17, 15) is 13.6 Å². The minimum Gasteiger partial charge on any atom is -0.354 e. The summed E-state index contributed by atoms with van der Waals surface area (Å²) in [5.74, 6) is -0.0791. The quantitative estimate of drug-likeness (QED) is 0.326. The van der Waals surface area contributed by atoms with Crippen molar-refractivity contribution in [1.82, 2.24) is 20.4 Å². The van der Waals surface area contributed by atoms with Crippen LogP contribution in [-0.4, -0.2) is 68.5 Å². The van der Waals surface area contributed by atoms with Crippen LogP contribution in [0.5, 0.6) is 0 Å². The van der Waals surface area contributed by atoms with Crippen LogP contribution in [0.3, 0.4) is 0 Å². The molecule has 3 rings (SSSR count). The highest BCUT2D eigenvalue weighted by molar-refractivity contribution is 14.0. The number of halogens is 3. The molecule has 2 fully saturated rings. The number of nitrogens with one attached hydrogen (secondary N) is 2. The number of likely N-dealkylation sites (tertiary alicyclic amines) is 1. The summed E-state index contributed by atoms with van der Waals surface area (Å²) in [4.78, 5) is 20.6. The molecule has 9 heteroatoms. The molecule has 0 spiro atoms. The maximum atomic E-state index is 14.3. The molecular weight excluding hydrogens is 515 g/mol. The second-order valence-corrected chi connectivity index (χ2v) is 8.46. The lowest BCUT2D eigenvalue weighted by molar-refractivity contribution is -0.134. The molecule has 0 aromatic heterocycles. The topological polar surface area (TPSA) is 60.0 Å². The largest absolute Gasteiger partial charge is 0.354 e. The number of nitrogens with zero attached hydrogens (tertiary/aromatic N) is 3. The van der Waals surface area contributed by atoms with Crippen molar-refractivity contribution < 1.29 is 13.6 Å². The predicted octanol–water partition coefficient (Wildman–Crippen LogP) is 3.14. The highest BCUT2D eigenvalue weighted by atomic mass is 127. The summed E-state index contributed by atoms with van der Waals surface area (Å²) < 4.78 is 28.5. The fraction of sp³-hybridized carbons (Fsp3) is 0.636. The van der Waals surface area contributed by atoms with E-state index in [1.165, 1.54) is 18.2 Å². The van der Waals surface area contributed by atoms with E-state index >= 15 is 0 Å². The SMILES string of the molecule is CN=C(NCC(c1c(F)cccc1F)N(C)C)NC1CCN(C(=O)C2CCCC2)C1.I. The molecule has 1 aliphatic heterocycles. The van der Waals surface area contributed by atoms with Crippen molar-refractivity contribution in [3.05, 3.63) is 35.4 Å². The molecule has 1 saturated heterocycles.